The van der Waals surface area contributed by atoms with E-state index in [1.807, 2.05) is 0 Å². The molecule has 4 heteroatoms. The number of thiazole rings is 1. The van der Waals surface area contributed by atoms with Crippen molar-refractivity contribution in [3.05, 3.63) is 11.1 Å². The molecule has 110 valence electrons. The van der Waals surface area contributed by atoms with E-state index in [-0.39, 0.29) is 0 Å². The fourth-order valence-corrected chi connectivity index (χ4v) is 2.95. The van der Waals surface area contributed by atoms with E-state index in [9.17, 15) is 0 Å². The number of nitrogens with zero attached hydrogens (tertiary/aromatic N) is 2. The largest absolute Gasteiger partial charge is 0.348 e. The molecule has 1 N–H and O–H groups in total. The zero-order valence-corrected chi connectivity index (χ0v) is 14.0. The maximum Gasteiger partial charge on any atom is 0.185 e. The van der Waals surface area contributed by atoms with Gasteiger partial charge in [0.05, 0.1) is 5.69 Å². The van der Waals surface area contributed by atoms with Crippen molar-refractivity contribution in [2.24, 2.45) is 11.8 Å². The predicted molar refractivity (Wildman–Crippen MR) is 86.0 cm³/mol. The summed E-state index contributed by atoms with van der Waals surface area (Å²) in [5.74, 6) is 1.41. The molecule has 0 aliphatic carbocycles. The fourth-order valence-electron chi connectivity index (χ4n) is 2.06. The van der Waals surface area contributed by atoms with Gasteiger partial charge in [0.2, 0.25) is 0 Å². The van der Waals surface area contributed by atoms with Crippen LogP contribution in [-0.4, -0.2) is 24.6 Å². The molecule has 1 heterocycles. The topological polar surface area (TPSA) is 28.2 Å². The summed E-state index contributed by atoms with van der Waals surface area (Å²) in [6.45, 7) is 13.2. The molecule has 0 radical (unpaired) electrons. The monoisotopic (exact) mass is 283 g/mol. The molecule has 0 spiro atoms. The maximum absolute atomic E-state index is 4.72. The molecule has 0 aliphatic rings. The standard InChI is InChI=1S/C15H29N3S/c1-11(2)7-13(5)18(6)15-17-14(10-19-15)9-16-8-12(3)4/h10-13,16H,7-9H2,1-6H3. The SMILES string of the molecule is CC(C)CNCc1csc(N(C)C(C)CC(C)C)n1. The Bertz CT molecular complexity index is 360. The molecule has 1 unspecified atom stereocenters. The number of hydrogen-bond donors (Lipinski definition) is 1. The normalized spacial score (nSPS) is 13.3. The summed E-state index contributed by atoms with van der Waals surface area (Å²) in [5.41, 5.74) is 1.16. The van der Waals surface area contributed by atoms with Crippen LogP contribution in [0.5, 0.6) is 0 Å². The van der Waals surface area contributed by atoms with E-state index in [1.54, 1.807) is 11.3 Å². The third-order valence-electron chi connectivity index (χ3n) is 3.17. The van der Waals surface area contributed by atoms with Crippen LogP contribution in [0, 0.1) is 11.8 Å². The molecule has 1 atom stereocenters. The highest BCUT2D eigenvalue weighted by molar-refractivity contribution is 7.13. The van der Waals surface area contributed by atoms with Crippen LogP contribution in [0.4, 0.5) is 5.13 Å². The van der Waals surface area contributed by atoms with E-state index in [2.05, 4.69) is 57.3 Å². The molecule has 0 bridgehead atoms. The van der Waals surface area contributed by atoms with Crippen molar-refractivity contribution >= 4 is 16.5 Å². The van der Waals surface area contributed by atoms with Gasteiger partial charge in [-0.2, -0.15) is 0 Å². The minimum absolute atomic E-state index is 0.544. The van der Waals surface area contributed by atoms with Crippen LogP contribution in [0.1, 0.15) is 46.7 Å². The molecule has 0 aromatic carbocycles. The summed E-state index contributed by atoms with van der Waals surface area (Å²) in [6, 6.07) is 0.544. The second-order valence-corrected chi connectivity index (χ2v) is 7.07. The van der Waals surface area contributed by atoms with Gasteiger partial charge in [0.1, 0.15) is 0 Å². The van der Waals surface area contributed by atoms with E-state index in [4.69, 9.17) is 4.98 Å². The van der Waals surface area contributed by atoms with Crippen molar-refractivity contribution in [3.63, 3.8) is 0 Å². The summed E-state index contributed by atoms with van der Waals surface area (Å²) < 4.78 is 0. The molecule has 1 aromatic heterocycles. The van der Waals surface area contributed by atoms with Crippen LogP contribution in [0.15, 0.2) is 5.38 Å². The third-order valence-corrected chi connectivity index (χ3v) is 4.15. The van der Waals surface area contributed by atoms with Crippen molar-refractivity contribution in [1.82, 2.24) is 10.3 Å². The molecule has 3 nitrogen and oxygen atoms in total. The predicted octanol–water partition coefficient (Wildman–Crippen LogP) is 3.76. The molecule has 0 aliphatic heterocycles. The highest BCUT2D eigenvalue weighted by atomic mass is 32.1. The van der Waals surface area contributed by atoms with Crippen LogP contribution < -0.4 is 10.2 Å². The lowest BCUT2D eigenvalue weighted by Gasteiger charge is -2.25. The Morgan fingerprint density at radius 3 is 2.47 bits per heavy atom. The van der Waals surface area contributed by atoms with Crippen molar-refractivity contribution < 1.29 is 0 Å². The van der Waals surface area contributed by atoms with Gasteiger partial charge in [0.25, 0.3) is 0 Å². The number of rotatable bonds is 8. The van der Waals surface area contributed by atoms with Gasteiger partial charge >= 0.3 is 0 Å². The molecule has 19 heavy (non-hydrogen) atoms. The fraction of sp³-hybridized carbons (Fsp3) is 0.800. The quantitative estimate of drug-likeness (QED) is 0.787. The van der Waals surface area contributed by atoms with Crippen molar-refractivity contribution in [2.75, 3.05) is 18.5 Å². The molecular formula is C15H29N3S. The summed E-state index contributed by atoms with van der Waals surface area (Å²) in [7, 11) is 2.15. The van der Waals surface area contributed by atoms with Crippen LogP contribution in [0.2, 0.25) is 0 Å². The summed E-state index contributed by atoms with van der Waals surface area (Å²) in [5, 5.41) is 6.74. The number of nitrogens with one attached hydrogen (secondary N) is 1. The Kier molecular flexibility index (Phi) is 6.80. The van der Waals surface area contributed by atoms with Crippen LogP contribution in [0.3, 0.4) is 0 Å². The zero-order chi connectivity index (χ0) is 14.4. The van der Waals surface area contributed by atoms with E-state index >= 15 is 0 Å². The minimum atomic E-state index is 0.544. The summed E-state index contributed by atoms with van der Waals surface area (Å²) in [4.78, 5) is 7.02. The van der Waals surface area contributed by atoms with E-state index < -0.39 is 0 Å². The number of aromatic nitrogens is 1. The van der Waals surface area contributed by atoms with Gasteiger partial charge in [0, 0.05) is 25.0 Å². The summed E-state index contributed by atoms with van der Waals surface area (Å²) in [6.07, 6.45) is 1.21. The molecular weight excluding hydrogens is 254 g/mol. The first kappa shape index (κ1) is 16.4. The Morgan fingerprint density at radius 1 is 1.21 bits per heavy atom. The minimum Gasteiger partial charge on any atom is -0.348 e. The Balaban J connectivity index is 2.48. The van der Waals surface area contributed by atoms with Crippen LogP contribution in [0.25, 0.3) is 0 Å². The van der Waals surface area contributed by atoms with Gasteiger partial charge in [-0.3, -0.25) is 0 Å². The molecule has 0 fully saturated rings. The van der Waals surface area contributed by atoms with Crippen molar-refractivity contribution in [3.8, 4) is 0 Å². The average molecular weight is 283 g/mol. The van der Waals surface area contributed by atoms with Gasteiger partial charge in [-0.1, -0.05) is 27.7 Å². The number of anilines is 1. The van der Waals surface area contributed by atoms with Gasteiger partial charge in [-0.25, -0.2) is 4.98 Å². The maximum atomic E-state index is 4.72. The lowest BCUT2D eigenvalue weighted by molar-refractivity contribution is 0.503. The lowest BCUT2D eigenvalue weighted by atomic mass is 10.0. The van der Waals surface area contributed by atoms with Gasteiger partial charge in [0.15, 0.2) is 5.13 Å². The molecule has 0 amide bonds. The Morgan fingerprint density at radius 2 is 1.89 bits per heavy atom. The van der Waals surface area contributed by atoms with Gasteiger partial charge in [-0.05, 0) is 31.7 Å². The first-order valence-corrected chi connectivity index (χ1v) is 8.16. The van der Waals surface area contributed by atoms with E-state index in [0.717, 1.165) is 29.8 Å². The molecule has 0 saturated heterocycles. The molecule has 0 saturated carbocycles. The third kappa shape index (κ3) is 5.91. The molecule has 1 aromatic rings. The van der Waals surface area contributed by atoms with Crippen molar-refractivity contribution in [1.29, 1.82) is 0 Å². The zero-order valence-electron chi connectivity index (χ0n) is 13.2. The van der Waals surface area contributed by atoms with Crippen LogP contribution >= 0.6 is 11.3 Å². The Hall–Kier alpha value is -0.610. The summed E-state index contributed by atoms with van der Waals surface area (Å²) >= 11 is 1.75. The Labute approximate surface area is 122 Å². The average Bonchev–Trinajstić information content (AvgIpc) is 2.75. The highest BCUT2D eigenvalue weighted by Crippen LogP contribution is 2.23. The van der Waals surface area contributed by atoms with Gasteiger partial charge < -0.3 is 10.2 Å². The second kappa shape index (κ2) is 7.85. The van der Waals surface area contributed by atoms with Gasteiger partial charge in [-0.15, -0.1) is 11.3 Å². The number of hydrogen-bond acceptors (Lipinski definition) is 4. The first-order chi connectivity index (χ1) is 8.90. The molecule has 1 rings (SSSR count). The smallest absolute Gasteiger partial charge is 0.185 e. The van der Waals surface area contributed by atoms with E-state index in [1.165, 1.54) is 6.42 Å². The first-order valence-electron chi connectivity index (χ1n) is 7.28. The second-order valence-electron chi connectivity index (χ2n) is 6.24. The van der Waals surface area contributed by atoms with Crippen molar-refractivity contribution in [2.45, 2.75) is 53.6 Å². The van der Waals surface area contributed by atoms with E-state index in [0.29, 0.717) is 12.0 Å². The van der Waals surface area contributed by atoms with Crippen LogP contribution in [-0.2, 0) is 6.54 Å². The lowest BCUT2D eigenvalue weighted by Crippen LogP contribution is -2.30. The highest BCUT2D eigenvalue weighted by Gasteiger charge is 2.14.